The van der Waals surface area contributed by atoms with E-state index in [0.29, 0.717) is 11.1 Å². The highest BCUT2D eigenvalue weighted by Crippen LogP contribution is 2.50. The number of rotatable bonds is 3. The number of aliphatic hydroxyl groups excluding tert-OH is 1. The van der Waals surface area contributed by atoms with E-state index in [2.05, 4.69) is 0 Å². The summed E-state index contributed by atoms with van der Waals surface area (Å²) in [6.45, 7) is 0. The van der Waals surface area contributed by atoms with E-state index in [1.807, 2.05) is 30.3 Å². The van der Waals surface area contributed by atoms with Crippen LogP contribution in [0.3, 0.4) is 0 Å². The van der Waals surface area contributed by atoms with Gasteiger partial charge in [0.25, 0.3) is 0 Å². The molecule has 0 aliphatic heterocycles. The standard InChI is InChI=1S/C27H23NO8/c28-26(35)20-17(29)11-16-22(31)15-10-14-9-8-13(7-6-12-4-2-1-3-5-12)21(30)18(14)23(32)19(15)24(33)27(16,36)25(20)34/h1-9,15-16,19-20,22,30-31,36H,10-11H2,(H2,28,35)/t15-,16-,19?,20?,22+,27+/m1/s1. The van der Waals surface area contributed by atoms with Crippen LogP contribution in [0, 0.1) is 23.7 Å². The van der Waals surface area contributed by atoms with Crippen molar-refractivity contribution in [1.29, 1.82) is 0 Å². The summed E-state index contributed by atoms with van der Waals surface area (Å²) in [5, 5.41) is 33.2. The predicted octanol–water partition coefficient (Wildman–Crippen LogP) is 0.468. The van der Waals surface area contributed by atoms with Gasteiger partial charge in [0.05, 0.1) is 17.6 Å². The highest BCUT2D eigenvalue weighted by Gasteiger charge is 2.69. The third kappa shape index (κ3) is 3.27. The molecule has 3 aliphatic carbocycles. The monoisotopic (exact) mass is 489 g/mol. The largest absolute Gasteiger partial charge is 0.507 e. The molecule has 0 saturated heterocycles. The van der Waals surface area contributed by atoms with Crippen LogP contribution in [-0.4, -0.2) is 56.1 Å². The lowest BCUT2D eigenvalue weighted by Crippen LogP contribution is -2.72. The second-order valence-electron chi connectivity index (χ2n) is 9.59. The second kappa shape index (κ2) is 8.32. The molecule has 2 unspecified atom stereocenters. The van der Waals surface area contributed by atoms with Crippen molar-refractivity contribution in [2.24, 2.45) is 29.4 Å². The fraction of sp³-hybridized carbons (Fsp3) is 0.296. The molecule has 1 amide bonds. The summed E-state index contributed by atoms with van der Waals surface area (Å²) in [7, 11) is 0. The summed E-state index contributed by atoms with van der Waals surface area (Å²) in [5.41, 5.74) is 3.70. The van der Waals surface area contributed by atoms with Crippen LogP contribution in [0.1, 0.15) is 33.5 Å². The number of benzene rings is 2. The van der Waals surface area contributed by atoms with Crippen LogP contribution >= 0.6 is 0 Å². The zero-order valence-corrected chi connectivity index (χ0v) is 19.0. The van der Waals surface area contributed by atoms with Gasteiger partial charge in [0.2, 0.25) is 5.91 Å². The Labute approximate surface area is 205 Å². The first-order valence-electron chi connectivity index (χ1n) is 11.5. The molecule has 9 heteroatoms. The molecule has 9 nitrogen and oxygen atoms in total. The van der Waals surface area contributed by atoms with E-state index in [-0.39, 0.29) is 17.7 Å². The van der Waals surface area contributed by atoms with Crippen LogP contribution in [0.5, 0.6) is 5.75 Å². The number of aromatic hydroxyl groups is 1. The Morgan fingerprint density at radius 3 is 2.33 bits per heavy atom. The minimum absolute atomic E-state index is 0.00307. The SMILES string of the molecule is NC(=O)C1C(=O)C[C@@H]2[C@@H](O)[C@@H]3Cc4ccc(C=Cc5ccccc5)c(O)c4C(=O)C3C(=O)[C@]2(O)C1=O. The van der Waals surface area contributed by atoms with E-state index < -0.39 is 70.8 Å². The van der Waals surface area contributed by atoms with Crippen molar-refractivity contribution in [1.82, 2.24) is 0 Å². The Morgan fingerprint density at radius 1 is 0.972 bits per heavy atom. The van der Waals surface area contributed by atoms with Crippen LogP contribution in [0.4, 0.5) is 0 Å². The first kappa shape index (κ1) is 23.8. The molecule has 0 heterocycles. The number of amides is 1. The molecule has 2 fully saturated rings. The molecule has 184 valence electrons. The smallest absolute Gasteiger partial charge is 0.235 e. The van der Waals surface area contributed by atoms with E-state index in [1.165, 1.54) is 0 Å². The highest BCUT2D eigenvalue weighted by atomic mass is 16.3. The summed E-state index contributed by atoms with van der Waals surface area (Å²) in [6.07, 6.45) is 1.18. The summed E-state index contributed by atoms with van der Waals surface area (Å²) >= 11 is 0. The van der Waals surface area contributed by atoms with Gasteiger partial charge in [0.1, 0.15) is 5.75 Å². The van der Waals surface area contributed by atoms with Crippen molar-refractivity contribution in [3.63, 3.8) is 0 Å². The van der Waals surface area contributed by atoms with Gasteiger partial charge in [0.15, 0.2) is 34.7 Å². The number of primary amides is 1. The maximum absolute atomic E-state index is 13.6. The normalized spacial score (nSPS) is 31.7. The molecule has 6 atom stereocenters. The molecule has 2 saturated carbocycles. The maximum Gasteiger partial charge on any atom is 0.235 e. The lowest BCUT2D eigenvalue weighted by molar-refractivity contribution is -0.188. The lowest BCUT2D eigenvalue weighted by atomic mass is 9.52. The van der Waals surface area contributed by atoms with E-state index in [4.69, 9.17) is 5.73 Å². The van der Waals surface area contributed by atoms with Gasteiger partial charge in [0, 0.05) is 23.8 Å². The number of ketones is 4. The number of nitrogens with two attached hydrogens (primary N) is 1. The van der Waals surface area contributed by atoms with Gasteiger partial charge < -0.3 is 21.1 Å². The van der Waals surface area contributed by atoms with E-state index in [9.17, 15) is 39.3 Å². The zero-order valence-electron chi connectivity index (χ0n) is 19.0. The van der Waals surface area contributed by atoms with E-state index in [0.717, 1.165) is 5.56 Å². The number of hydrogen-bond donors (Lipinski definition) is 4. The molecular weight excluding hydrogens is 466 g/mol. The minimum Gasteiger partial charge on any atom is -0.507 e. The average molecular weight is 489 g/mol. The molecule has 3 aliphatic rings. The van der Waals surface area contributed by atoms with Crippen molar-refractivity contribution >= 4 is 41.2 Å². The average Bonchev–Trinajstić information content (AvgIpc) is 2.84. The topological polar surface area (TPSA) is 172 Å². The Hall–Kier alpha value is -3.95. The Kier molecular flexibility index (Phi) is 5.50. The van der Waals surface area contributed by atoms with Crippen molar-refractivity contribution in [2.75, 3.05) is 0 Å². The van der Waals surface area contributed by atoms with Gasteiger partial charge in [-0.25, -0.2) is 0 Å². The third-order valence-corrected chi connectivity index (χ3v) is 7.67. The van der Waals surface area contributed by atoms with Crippen LogP contribution in [-0.2, 0) is 25.6 Å². The maximum atomic E-state index is 13.6. The van der Waals surface area contributed by atoms with Gasteiger partial charge in [-0.3, -0.25) is 24.0 Å². The van der Waals surface area contributed by atoms with Gasteiger partial charge in [-0.2, -0.15) is 0 Å². The van der Waals surface area contributed by atoms with Crippen molar-refractivity contribution < 1.29 is 39.3 Å². The number of phenols is 1. The van der Waals surface area contributed by atoms with Crippen LogP contribution in [0.25, 0.3) is 12.2 Å². The fourth-order valence-corrected chi connectivity index (χ4v) is 5.86. The Balaban J connectivity index is 1.56. The van der Waals surface area contributed by atoms with Crippen LogP contribution in [0.15, 0.2) is 42.5 Å². The second-order valence-corrected chi connectivity index (χ2v) is 9.59. The van der Waals surface area contributed by atoms with Crippen LogP contribution in [0.2, 0.25) is 0 Å². The molecule has 0 bridgehead atoms. The van der Waals surface area contributed by atoms with Gasteiger partial charge in [-0.15, -0.1) is 0 Å². The summed E-state index contributed by atoms with van der Waals surface area (Å²) in [6, 6.07) is 12.5. The predicted molar refractivity (Wildman–Crippen MR) is 125 cm³/mol. The number of aliphatic hydroxyl groups is 2. The fourth-order valence-electron chi connectivity index (χ4n) is 5.86. The molecule has 2 aromatic rings. The molecule has 0 radical (unpaired) electrons. The van der Waals surface area contributed by atoms with Crippen molar-refractivity contribution in [3.05, 3.63) is 64.7 Å². The van der Waals surface area contributed by atoms with E-state index >= 15 is 0 Å². The number of carbonyl (C=O) groups excluding carboxylic acids is 5. The first-order chi connectivity index (χ1) is 17.1. The van der Waals surface area contributed by atoms with Crippen molar-refractivity contribution in [2.45, 2.75) is 24.5 Å². The molecule has 5 rings (SSSR count). The molecule has 5 N–H and O–H groups in total. The Morgan fingerprint density at radius 2 is 1.67 bits per heavy atom. The first-order valence-corrected chi connectivity index (χ1v) is 11.5. The number of carbonyl (C=O) groups is 5. The highest BCUT2D eigenvalue weighted by molar-refractivity contribution is 6.31. The zero-order chi connectivity index (χ0) is 25.9. The molecule has 36 heavy (non-hydrogen) atoms. The molecule has 2 aromatic carbocycles. The molecule has 0 spiro atoms. The van der Waals surface area contributed by atoms with Crippen molar-refractivity contribution in [3.8, 4) is 5.75 Å². The molecule has 0 aromatic heterocycles. The van der Waals surface area contributed by atoms with Gasteiger partial charge in [-0.05, 0) is 17.5 Å². The van der Waals surface area contributed by atoms with Gasteiger partial charge >= 0.3 is 0 Å². The number of Topliss-reactive ketones (excluding diaryl/α,β-unsaturated/α-hetero) is 4. The Bertz CT molecular complexity index is 1360. The number of phenolic OH excluding ortho intramolecular Hbond substituents is 1. The quantitative estimate of drug-likeness (QED) is 0.356. The lowest BCUT2D eigenvalue weighted by Gasteiger charge is -2.51. The summed E-state index contributed by atoms with van der Waals surface area (Å²) < 4.78 is 0. The molecular formula is C27H23NO8. The number of hydrogen-bond acceptors (Lipinski definition) is 8. The van der Waals surface area contributed by atoms with Gasteiger partial charge in [-0.1, -0.05) is 54.6 Å². The minimum atomic E-state index is -2.91. The van der Waals surface area contributed by atoms with Crippen LogP contribution < -0.4 is 5.73 Å². The summed E-state index contributed by atoms with van der Waals surface area (Å²) in [5.74, 6) is -12.2. The van der Waals surface area contributed by atoms with E-state index in [1.54, 1.807) is 24.3 Å². The number of fused-ring (bicyclic) bond motifs is 3. The summed E-state index contributed by atoms with van der Waals surface area (Å²) in [4.78, 5) is 64.2. The third-order valence-electron chi connectivity index (χ3n) is 7.67.